The highest BCUT2D eigenvalue weighted by Crippen LogP contribution is 2.27. The second kappa shape index (κ2) is 7.68. The number of rotatable bonds is 4. The molecule has 3 rings (SSSR count). The van der Waals surface area contributed by atoms with E-state index >= 15 is 0 Å². The van der Waals surface area contributed by atoms with Gasteiger partial charge in [-0.15, -0.1) is 0 Å². The number of amides is 1. The molecule has 0 saturated heterocycles. The fraction of sp³-hybridized carbons (Fsp3) is 0. The molecule has 2 N–H and O–H groups in total. The molecular formula is C18H11Cl2F2N3O. The summed E-state index contributed by atoms with van der Waals surface area (Å²) in [6.45, 7) is 0. The largest absolute Gasteiger partial charge is 0.339 e. The minimum Gasteiger partial charge on any atom is -0.339 e. The highest BCUT2D eigenvalue weighted by atomic mass is 35.5. The highest BCUT2D eigenvalue weighted by molar-refractivity contribution is 6.36. The van der Waals surface area contributed by atoms with E-state index in [1.165, 1.54) is 12.3 Å². The average Bonchev–Trinajstić information content (AvgIpc) is 2.61. The van der Waals surface area contributed by atoms with E-state index in [-0.39, 0.29) is 5.56 Å². The van der Waals surface area contributed by atoms with Gasteiger partial charge in [0.1, 0.15) is 5.82 Å². The molecule has 0 unspecified atom stereocenters. The first-order valence-corrected chi connectivity index (χ1v) is 8.12. The zero-order valence-corrected chi connectivity index (χ0v) is 14.6. The standard InChI is InChI=1S/C18H11Cl2F2N3O/c19-11-2-5-16(13(20)8-11)25-17-6-3-12(9-23-17)24-18(26)10-1-4-14(21)15(22)7-10/h1-9H,(H,23,25)(H,24,26). The Bertz CT molecular complexity index is 965. The maximum absolute atomic E-state index is 13.2. The molecule has 132 valence electrons. The molecule has 1 heterocycles. The van der Waals surface area contributed by atoms with Gasteiger partial charge in [-0.25, -0.2) is 13.8 Å². The van der Waals surface area contributed by atoms with Crippen LogP contribution in [0.1, 0.15) is 10.4 Å². The van der Waals surface area contributed by atoms with Gasteiger partial charge in [-0.3, -0.25) is 4.79 Å². The maximum Gasteiger partial charge on any atom is 0.255 e. The maximum atomic E-state index is 13.2. The Hall–Kier alpha value is -2.70. The summed E-state index contributed by atoms with van der Waals surface area (Å²) in [7, 11) is 0. The first-order chi connectivity index (χ1) is 12.4. The number of hydrogen-bond acceptors (Lipinski definition) is 3. The number of carbonyl (C=O) groups excluding carboxylic acids is 1. The van der Waals surface area contributed by atoms with Gasteiger partial charge in [-0.05, 0) is 48.5 Å². The Morgan fingerprint density at radius 2 is 1.77 bits per heavy atom. The van der Waals surface area contributed by atoms with Gasteiger partial charge >= 0.3 is 0 Å². The van der Waals surface area contributed by atoms with Crippen LogP contribution in [0.25, 0.3) is 0 Å². The molecule has 0 atom stereocenters. The number of halogens is 4. The average molecular weight is 394 g/mol. The van der Waals surface area contributed by atoms with E-state index in [0.29, 0.717) is 27.2 Å². The van der Waals surface area contributed by atoms with Gasteiger partial charge in [0.05, 0.1) is 22.6 Å². The number of nitrogens with zero attached hydrogens (tertiary/aromatic N) is 1. The number of anilines is 3. The summed E-state index contributed by atoms with van der Waals surface area (Å²) in [5.41, 5.74) is 1.02. The van der Waals surface area contributed by atoms with Gasteiger partial charge in [0.15, 0.2) is 11.6 Å². The van der Waals surface area contributed by atoms with Crippen molar-refractivity contribution in [1.82, 2.24) is 4.98 Å². The topological polar surface area (TPSA) is 54.0 Å². The van der Waals surface area contributed by atoms with Crippen LogP contribution in [0.3, 0.4) is 0 Å². The Morgan fingerprint density at radius 3 is 2.42 bits per heavy atom. The third kappa shape index (κ3) is 4.28. The number of aromatic nitrogens is 1. The van der Waals surface area contributed by atoms with Crippen LogP contribution in [0.4, 0.5) is 26.0 Å². The second-order valence-electron chi connectivity index (χ2n) is 5.26. The Labute approximate surface area is 157 Å². The lowest BCUT2D eigenvalue weighted by atomic mass is 10.2. The number of carbonyl (C=O) groups is 1. The SMILES string of the molecule is O=C(Nc1ccc(Nc2ccc(Cl)cc2Cl)nc1)c1ccc(F)c(F)c1. The molecule has 0 bridgehead atoms. The molecule has 26 heavy (non-hydrogen) atoms. The van der Waals surface area contributed by atoms with E-state index in [2.05, 4.69) is 15.6 Å². The summed E-state index contributed by atoms with van der Waals surface area (Å²) in [4.78, 5) is 16.2. The van der Waals surface area contributed by atoms with Crippen LogP contribution >= 0.6 is 23.2 Å². The predicted molar refractivity (Wildman–Crippen MR) is 98.3 cm³/mol. The van der Waals surface area contributed by atoms with E-state index in [1.807, 2.05) is 0 Å². The molecule has 0 spiro atoms. The number of pyridine rings is 1. The summed E-state index contributed by atoms with van der Waals surface area (Å²) in [5, 5.41) is 6.53. The summed E-state index contributed by atoms with van der Waals surface area (Å²) in [5.74, 6) is -2.18. The number of nitrogens with one attached hydrogen (secondary N) is 2. The molecule has 2 aromatic carbocycles. The lowest BCUT2D eigenvalue weighted by Crippen LogP contribution is -2.12. The van der Waals surface area contributed by atoms with Gasteiger partial charge in [-0.2, -0.15) is 0 Å². The van der Waals surface area contributed by atoms with Crippen LogP contribution in [-0.2, 0) is 0 Å². The van der Waals surface area contributed by atoms with Crippen LogP contribution in [-0.4, -0.2) is 10.9 Å². The minimum absolute atomic E-state index is 0.000882. The van der Waals surface area contributed by atoms with Gasteiger partial charge < -0.3 is 10.6 Å². The second-order valence-corrected chi connectivity index (χ2v) is 6.11. The first kappa shape index (κ1) is 18.1. The molecule has 0 aliphatic heterocycles. The Kier molecular flexibility index (Phi) is 5.35. The molecule has 1 amide bonds. The zero-order chi connectivity index (χ0) is 18.7. The lowest BCUT2D eigenvalue weighted by molar-refractivity contribution is 0.102. The fourth-order valence-corrected chi connectivity index (χ4v) is 2.57. The van der Waals surface area contributed by atoms with Crippen LogP contribution in [0, 0.1) is 11.6 Å². The number of benzene rings is 2. The number of hydrogen-bond donors (Lipinski definition) is 2. The Morgan fingerprint density at radius 1 is 0.962 bits per heavy atom. The molecule has 8 heteroatoms. The van der Waals surface area contributed by atoms with Crippen molar-refractivity contribution < 1.29 is 13.6 Å². The molecule has 0 radical (unpaired) electrons. The van der Waals surface area contributed by atoms with Crippen molar-refractivity contribution in [2.24, 2.45) is 0 Å². The van der Waals surface area contributed by atoms with E-state index in [9.17, 15) is 13.6 Å². The van der Waals surface area contributed by atoms with Crippen molar-refractivity contribution in [3.05, 3.63) is 82.0 Å². The molecule has 0 aliphatic carbocycles. The molecule has 1 aromatic heterocycles. The van der Waals surface area contributed by atoms with Gasteiger partial charge in [0.25, 0.3) is 5.91 Å². The van der Waals surface area contributed by atoms with Crippen molar-refractivity contribution in [3.8, 4) is 0 Å². The van der Waals surface area contributed by atoms with Crippen LogP contribution in [0.5, 0.6) is 0 Å². The molecule has 0 saturated carbocycles. The van der Waals surface area contributed by atoms with Crippen molar-refractivity contribution in [2.45, 2.75) is 0 Å². The summed E-state index contributed by atoms with van der Waals surface area (Å²) >= 11 is 11.9. The van der Waals surface area contributed by atoms with Gasteiger partial charge in [0, 0.05) is 10.6 Å². The molecule has 4 nitrogen and oxygen atoms in total. The predicted octanol–water partition coefficient (Wildman–Crippen LogP) is 5.66. The van der Waals surface area contributed by atoms with Crippen molar-refractivity contribution in [3.63, 3.8) is 0 Å². The van der Waals surface area contributed by atoms with Gasteiger partial charge in [-0.1, -0.05) is 23.2 Å². The minimum atomic E-state index is -1.09. The third-order valence-electron chi connectivity index (χ3n) is 3.40. The third-order valence-corrected chi connectivity index (χ3v) is 3.94. The quantitative estimate of drug-likeness (QED) is 0.600. The first-order valence-electron chi connectivity index (χ1n) is 7.37. The zero-order valence-electron chi connectivity index (χ0n) is 13.1. The van der Waals surface area contributed by atoms with Crippen molar-refractivity contribution in [2.75, 3.05) is 10.6 Å². The fourth-order valence-electron chi connectivity index (χ4n) is 2.11. The molecular weight excluding hydrogens is 383 g/mol. The van der Waals surface area contributed by atoms with E-state index < -0.39 is 17.5 Å². The summed E-state index contributed by atoms with van der Waals surface area (Å²) in [6, 6.07) is 11.2. The Balaban J connectivity index is 1.69. The van der Waals surface area contributed by atoms with Gasteiger partial charge in [0.2, 0.25) is 0 Å². The van der Waals surface area contributed by atoms with E-state index in [0.717, 1.165) is 12.1 Å². The van der Waals surface area contributed by atoms with Crippen LogP contribution in [0.2, 0.25) is 10.0 Å². The normalized spacial score (nSPS) is 10.5. The highest BCUT2D eigenvalue weighted by Gasteiger charge is 2.10. The van der Waals surface area contributed by atoms with E-state index in [4.69, 9.17) is 23.2 Å². The molecule has 0 fully saturated rings. The van der Waals surface area contributed by atoms with Crippen LogP contribution in [0.15, 0.2) is 54.7 Å². The van der Waals surface area contributed by atoms with E-state index in [1.54, 1.807) is 30.3 Å². The van der Waals surface area contributed by atoms with Crippen LogP contribution < -0.4 is 10.6 Å². The summed E-state index contributed by atoms with van der Waals surface area (Å²) < 4.78 is 26.1. The summed E-state index contributed by atoms with van der Waals surface area (Å²) in [6.07, 6.45) is 1.42. The lowest BCUT2D eigenvalue weighted by Gasteiger charge is -2.09. The van der Waals surface area contributed by atoms with Crippen molar-refractivity contribution in [1.29, 1.82) is 0 Å². The monoisotopic (exact) mass is 393 g/mol. The molecule has 0 aliphatic rings. The smallest absolute Gasteiger partial charge is 0.255 e. The molecule has 3 aromatic rings. The van der Waals surface area contributed by atoms with Crippen molar-refractivity contribution >= 4 is 46.3 Å².